The first-order valence-corrected chi connectivity index (χ1v) is 5.59. The Hall–Kier alpha value is -0.860. The Morgan fingerprint density at radius 3 is 2.73 bits per heavy atom. The molecular weight excluding hydrogens is 186 g/mol. The highest BCUT2D eigenvalue weighted by molar-refractivity contribution is 5.32. The summed E-state index contributed by atoms with van der Waals surface area (Å²) < 4.78 is 5.83. The fourth-order valence-electron chi connectivity index (χ4n) is 2.07. The fourth-order valence-corrected chi connectivity index (χ4v) is 2.07. The van der Waals surface area contributed by atoms with E-state index in [0.29, 0.717) is 6.04 Å². The zero-order valence-corrected chi connectivity index (χ0v) is 9.71. The van der Waals surface area contributed by atoms with Crippen molar-refractivity contribution in [3.05, 3.63) is 34.9 Å². The second-order valence-corrected chi connectivity index (χ2v) is 4.49. The molecule has 0 amide bonds. The van der Waals surface area contributed by atoms with Crippen molar-refractivity contribution in [3.8, 4) is 0 Å². The molecule has 15 heavy (non-hydrogen) atoms. The van der Waals surface area contributed by atoms with Gasteiger partial charge in [-0.25, -0.2) is 0 Å². The molecule has 1 aliphatic heterocycles. The number of nitrogens with one attached hydrogen (secondary N) is 1. The Morgan fingerprint density at radius 2 is 2.13 bits per heavy atom. The fraction of sp³-hybridized carbons (Fsp3) is 0.538. The topological polar surface area (TPSA) is 21.3 Å². The van der Waals surface area contributed by atoms with Crippen molar-refractivity contribution in [3.63, 3.8) is 0 Å². The highest BCUT2D eigenvalue weighted by Crippen LogP contribution is 2.23. The van der Waals surface area contributed by atoms with Crippen molar-refractivity contribution in [2.75, 3.05) is 13.2 Å². The molecule has 2 nitrogen and oxygen atoms in total. The Kier molecular flexibility index (Phi) is 3.08. The summed E-state index contributed by atoms with van der Waals surface area (Å²) >= 11 is 0. The van der Waals surface area contributed by atoms with Crippen LogP contribution in [0.5, 0.6) is 0 Å². The SMILES string of the molecule is Cc1ccc(C2CNC(C)CO2)c(C)c1. The van der Waals surface area contributed by atoms with Crippen LogP contribution in [0.1, 0.15) is 29.7 Å². The monoisotopic (exact) mass is 205 g/mol. The number of benzene rings is 1. The first-order chi connectivity index (χ1) is 7.16. The number of aryl methyl sites for hydroxylation is 2. The van der Waals surface area contributed by atoms with E-state index >= 15 is 0 Å². The summed E-state index contributed by atoms with van der Waals surface area (Å²) in [5, 5.41) is 3.45. The third-order valence-corrected chi connectivity index (χ3v) is 2.97. The number of hydrogen-bond donors (Lipinski definition) is 1. The van der Waals surface area contributed by atoms with E-state index in [1.165, 1.54) is 16.7 Å². The Balaban J connectivity index is 2.15. The average molecular weight is 205 g/mol. The van der Waals surface area contributed by atoms with E-state index in [1.807, 2.05) is 0 Å². The van der Waals surface area contributed by atoms with Crippen LogP contribution < -0.4 is 5.32 Å². The van der Waals surface area contributed by atoms with E-state index < -0.39 is 0 Å². The van der Waals surface area contributed by atoms with Crippen LogP contribution in [0.15, 0.2) is 18.2 Å². The highest BCUT2D eigenvalue weighted by Gasteiger charge is 2.20. The van der Waals surface area contributed by atoms with Crippen molar-refractivity contribution in [1.82, 2.24) is 5.32 Å². The zero-order chi connectivity index (χ0) is 10.8. The van der Waals surface area contributed by atoms with Crippen LogP contribution in [0.4, 0.5) is 0 Å². The number of hydrogen-bond acceptors (Lipinski definition) is 2. The number of morpholine rings is 1. The van der Waals surface area contributed by atoms with Crippen LogP contribution in [0.3, 0.4) is 0 Å². The molecular formula is C13H19NO. The molecule has 1 saturated heterocycles. The summed E-state index contributed by atoms with van der Waals surface area (Å²) in [5.41, 5.74) is 3.96. The van der Waals surface area contributed by atoms with E-state index in [1.54, 1.807) is 0 Å². The van der Waals surface area contributed by atoms with Gasteiger partial charge in [-0.15, -0.1) is 0 Å². The van der Waals surface area contributed by atoms with Gasteiger partial charge in [0.2, 0.25) is 0 Å². The first kappa shape index (κ1) is 10.7. The largest absolute Gasteiger partial charge is 0.371 e. The van der Waals surface area contributed by atoms with Crippen LogP contribution in [-0.2, 0) is 4.74 Å². The van der Waals surface area contributed by atoms with Crippen molar-refractivity contribution >= 4 is 0 Å². The minimum Gasteiger partial charge on any atom is -0.371 e. The lowest BCUT2D eigenvalue weighted by Gasteiger charge is -2.29. The summed E-state index contributed by atoms with van der Waals surface area (Å²) in [6, 6.07) is 7.04. The molecule has 0 saturated carbocycles. The standard InChI is InChI=1S/C13H19NO/c1-9-4-5-12(10(2)6-9)13-7-14-11(3)8-15-13/h4-6,11,13-14H,7-8H2,1-3H3. The molecule has 0 aliphatic carbocycles. The molecule has 2 heteroatoms. The van der Waals surface area contributed by atoms with Gasteiger partial charge >= 0.3 is 0 Å². The van der Waals surface area contributed by atoms with Gasteiger partial charge in [-0.05, 0) is 31.9 Å². The summed E-state index contributed by atoms with van der Waals surface area (Å²) in [6.07, 6.45) is 0.224. The molecule has 0 aromatic heterocycles. The van der Waals surface area contributed by atoms with Gasteiger partial charge in [0, 0.05) is 12.6 Å². The molecule has 1 heterocycles. The zero-order valence-electron chi connectivity index (χ0n) is 9.71. The van der Waals surface area contributed by atoms with Gasteiger partial charge < -0.3 is 10.1 Å². The van der Waals surface area contributed by atoms with Gasteiger partial charge in [0.1, 0.15) is 0 Å². The maximum Gasteiger partial charge on any atom is 0.0952 e. The molecule has 1 fully saturated rings. The van der Waals surface area contributed by atoms with Gasteiger partial charge in [-0.1, -0.05) is 23.8 Å². The average Bonchev–Trinajstić information content (AvgIpc) is 2.20. The van der Waals surface area contributed by atoms with Gasteiger partial charge in [-0.3, -0.25) is 0 Å². The van der Waals surface area contributed by atoms with E-state index in [0.717, 1.165) is 13.2 Å². The van der Waals surface area contributed by atoms with Gasteiger partial charge in [0.25, 0.3) is 0 Å². The van der Waals surface area contributed by atoms with Crippen LogP contribution in [0.25, 0.3) is 0 Å². The van der Waals surface area contributed by atoms with Crippen molar-refractivity contribution in [1.29, 1.82) is 0 Å². The third-order valence-electron chi connectivity index (χ3n) is 2.97. The summed E-state index contributed by atoms with van der Waals surface area (Å²) in [7, 11) is 0. The minimum atomic E-state index is 0.224. The quantitative estimate of drug-likeness (QED) is 0.760. The van der Waals surface area contributed by atoms with Crippen LogP contribution in [0, 0.1) is 13.8 Å². The van der Waals surface area contributed by atoms with E-state index in [2.05, 4.69) is 44.3 Å². The number of rotatable bonds is 1. The molecule has 1 aromatic rings. The Bertz CT molecular complexity index is 340. The lowest BCUT2D eigenvalue weighted by Crippen LogP contribution is -2.40. The van der Waals surface area contributed by atoms with E-state index in [4.69, 9.17) is 4.74 Å². The molecule has 0 radical (unpaired) electrons. The molecule has 1 N–H and O–H groups in total. The molecule has 1 aromatic carbocycles. The minimum absolute atomic E-state index is 0.224. The maximum atomic E-state index is 5.83. The van der Waals surface area contributed by atoms with E-state index in [-0.39, 0.29) is 6.10 Å². The van der Waals surface area contributed by atoms with Gasteiger partial charge in [-0.2, -0.15) is 0 Å². The van der Waals surface area contributed by atoms with Gasteiger partial charge in [0.15, 0.2) is 0 Å². The van der Waals surface area contributed by atoms with Crippen LogP contribution in [0.2, 0.25) is 0 Å². The molecule has 2 rings (SSSR count). The smallest absolute Gasteiger partial charge is 0.0952 e. The molecule has 0 spiro atoms. The number of ether oxygens (including phenoxy) is 1. The predicted molar refractivity (Wildman–Crippen MR) is 62.1 cm³/mol. The molecule has 2 unspecified atom stereocenters. The third kappa shape index (κ3) is 2.39. The van der Waals surface area contributed by atoms with Crippen molar-refractivity contribution < 1.29 is 4.74 Å². The Morgan fingerprint density at radius 1 is 1.33 bits per heavy atom. The van der Waals surface area contributed by atoms with Crippen LogP contribution >= 0.6 is 0 Å². The van der Waals surface area contributed by atoms with Crippen molar-refractivity contribution in [2.45, 2.75) is 32.9 Å². The normalized spacial score (nSPS) is 26.6. The maximum absolute atomic E-state index is 5.83. The second-order valence-electron chi connectivity index (χ2n) is 4.49. The molecule has 1 aliphatic rings. The molecule has 0 bridgehead atoms. The summed E-state index contributed by atoms with van der Waals surface area (Å²) in [5.74, 6) is 0. The second kappa shape index (κ2) is 4.33. The van der Waals surface area contributed by atoms with Crippen LogP contribution in [-0.4, -0.2) is 19.2 Å². The Labute approximate surface area is 91.6 Å². The summed E-state index contributed by atoms with van der Waals surface area (Å²) in [4.78, 5) is 0. The van der Waals surface area contributed by atoms with E-state index in [9.17, 15) is 0 Å². The summed E-state index contributed by atoms with van der Waals surface area (Å²) in [6.45, 7) is 8.16. The van der Waals surface area contributed by atoms with Gasteiger partial charge in [0.05, 0.1) is 12.7 Å². The highest BCUT2D eigenvalue weighted by atomic mass is 16.5. The molecule has 82 valence electrons. The van der Waals surface area contributed by atoms with Crippen molar-refractivity contribution in [2.24, 2.45) is 0 Å². The predicted octanol–water partition coefficient (Wildman–Crippen LogP) is 2.35. The lowest BCUT2D eigenvalue weighted by atomic mass is 10.00. The first-order valence-electron chi connectivity index (χ1n) is 5.59. The molecule has 2 atom stereocenters. The lowest BCUT2D eigenvalue weighted by molar-refractivity contribution is 0.00661.